The molecule has 156 valence electrons. The Hall–Kier alpha value is -2.77. The van der Waals surface area contributed by atoms with Crippen LogP contribution in [0.2, 0.25) is 5.02 Å². The van der Waals surface area contributed by atoms with Gasteiger partial charge >= 0.3 is 0 Å². The summed E-state index contributed by atoms with van der Waals surface area (Å²) >= 11 is 6.11. The number of carbonyl (C=O) groups excluding carboxylic acids is 1. The predicted octanol–water partition coefficient (Wildman–Crippen LogP) is 2.99. The Kier molecular flexibility index (Phi) is 6.11. The number of amides is 1. The van der Waals surface area contributed by atoms with E-state index in [0.29, 0.717) is 66.5 Å². The zero-order valence-corrected chi connectivity index (χ0v) is 17.2. The molecule has 0 radical (unpaired) electrons. The molecule has 6 nitrogen and oxygen atoms in total. The lowest BCUT2D eigenvalue weighted by atomic mass is 10.1. The molecule has 0 aliphatic carbocycles. The summed E-state index contributed by atoms with van der Waals surface area (Å²) in [5.41, 5.74) is 0.929. The minimum Gasteiger partial charge on any atom is -0.340 e. The molecule has 4 rings (SSSR count). The highest BCUT2D eigenvalue weighted by atomic mass is 35.5. The molecule has 0 spiro atoms. The highest BCUT2D eigenvalue weighted by Gasteiger charge is 2.22. The molecule has 3 aromatic rings. The smallest absolute Gasteiger partial charge is 0.258 e. The van der Waals surface area contributed by atoms with Crippen molar-refractivity contribution in [1.29, 1.82) is 0 Å². The number of aryl methyl sites for hydroxylation is 1. The zero-order chi connectivity index (χ0) is 21.1. The highest BCUT2D eigenvalue weighted by Crippen LogP contribution is 2.21. The first kappa shape index (κ1) is 20.5. The SMILES string of the molecule is O=C(CCc1nc2ccccc2c(=O)[nH]1)N1CCN(Cc2c(F)cccc2Cl)CC1. The number of nitrogens with zero attached hydrogens (tertiary/aromatic N) is 3. The van der Waals surface area contributed by atoms with Crippen LogP contribution in [0.25, 0.3) is 10.9 Å². The van der Waals surface area contributed by atoms with E-state index in [-0.39, 0.29) is 23.7 Å². The van der Waals surface area contributed by atoms with Crippen LogP contribution >= 0.6 is 11.6 Å². The molecule has 1 fully saturated rings. The molecule has 8 heteroatoms. The third-order valence-corrected chi connectivity index (χ3v) is 5.76. The van der Waals surface area contributed by atoms with Crippen molar-refractivity contribution < 1.29 is 9.18 Å². The number of aromatic nitrogens is 2. The zero-order valence-electron chi connectivity index (χ0n) is 16.4. The molecule has 0 atom stereocenters. The largest absolute Gasteiger partial charge is 0.340 e. The van der Waals surface area contributed by atoms with Gasteiger partial charge in [-0.25, -0.2) is 9.37 Å². The number of fused-ring (bicyclic) bond motifs is 1. The summed E-state index contributed by atoms with van der Waals surface area (Å²) in [6.07, 6.45) is 0.657. The van der Waals surface area contributed by atoms with Gasteiger partial charge in [0.15, 0.2) is 0 Å². The summed E-state index contributed by atoms with van der Waals surface area (Å²) in [6, 6.07) is 11.8. The second-order valence-corrected chi connectivity index (χ2v) is 7.79. The number of H-pyrrole nitrogens is 1. The monoisotopic (exact) mass is 428 g/mol. The van der Waals surface area contributed by atoms with Gasteiger partial charge in [0, 0.05) is 56.2 Å². The minimum absolute atomic E-state index is 0.0226. The van der Waals surface area contributed by atoms with Crippen molar-refractivity contribution in [2.24, 2.45) is 0 Å². The molecule has 0 saturated carbocycles. The summed E-state index contributed by atoms with van der Waals surface area (Å²) in [4.78, 5) is 35.9. The highest BCUT2D eigenvalue weighted by molar-refractivity contribution is 6.31. The maximum absolute atomic E-state index is 14.0. The first-order chi connectivity index (χ1) is 14.5. The van der Waals surface area contributed by atoms with E-state index in [1.165, 1.54) is 6.07 Å². The Morgan fingerprint density at radius 3 is 2.63 bits per heavy atom. The first-order valence-electron chi connectivity index (χ1n) is 9.92. The summed E-state index contributed by atoms with van der Waals surface area (Å²) in [6.45, 7) is 2.89. The van der Waals surface area contributed by atoms with Crippen molar-refractivity contribution >= 4 is 28.4 Å². The quantitative estimate of drug-likeness (QED) is 0.678. The van der Waals surface area contributed by atoms with Crippen LogP contribution in [-0.4, -0.2) is 51.9 Å². The maximum atomic E-state index is 14.0. The van der Waals surface area contributed by atoms with Gasteiger partial charge in [0.25, 0.3) is 5.56 Å². The molecule has 1 amide bonds. The van der Waals surface area contributed by atoms with E-state index in [2.05, 4.69) is 14.9 Å². The molecule has 0 bridgehead atoms. The van der Waals surface area contributed by atoms with Crippen LogP contribution in [0, 0.1) is 5.82 Å². The van der Waals surface area contributed by atoms with Crippen molar-refractivity contribution in [3.05, 3.63) is 75.0 Å². The Balaban J connectivity index is 1.31. The minimum atomic E-state index is -0.308. The topological polar surface area (TPSA) is 69.3 Å². The van der Waals surface area contributed by atoms with Crippen molar-refractivity contribution in [2.45, 2.75) is 19.4 Å². The van der Waals surface area contributed by atoms with Gasteiger partial charge in [0.05, 0.1) is 10.9 Å². The van der Waals surface area contributed by atoms with Crippen LogP contribution in [0.15, 0.2) is 47.3 Å². The second-order valence-electron chi connectivity index (χ2n) is 7.39. The Morgan fingerprint density at radius 2 is 1.87 bits per heavy atom. The van der Waals surface area contributed by atoms with E-state index >= 15 is 0 Å². The number of hydrogen-bond donors (Lipinski definition) is 1. The Bertz CT molecular complexity index is 1110. The van der Waals surface area contributed by atoms with Crippen molar-refractivity contribution in [2.75, 3.05) is 26.2 Å². The van der Waals surface area contributed by atoms with E-state index in [0.717, 1.165) is 0 Å². The third-order valence-electron chi connectivity index (χ3n) is 5.41. The van der Waals surface area contributed by atoms with Crippen molar-refractivity contribution in [3.8, 4) is 0 Å². The summed E-state index contributed by atoms with van der Waals surface area (Å²) < 4.78 is 14.0. The van der Waals surface area contributed by atoms with E-state index in [1.807, 2.05) is 6.07 Å². The van der Waals surface area contributed by atoms with Gasteiger partial charge in [-0.05, 0) is 24.3 Å². The lowest BCUT2D eigenvalue weighted by Gasteiger charge is -2.35. The number of carbonyl (C=O) groups is 1. The fraction of sp³-hybridized carbons (Fsp3) is 0.318. The number of aromatic amines is 1. The number of piperazine rings is 1. The first-order valence-corrected chi connectivity index (χ1v) is 10.3. The molecule has 1 aromatic heterocycles. The van der Waals surface area contributed by atoms with E-state index in [9.17, 15) is 14.0 Å². The fourth-order valence-corrected chi connectivity index (χ4v) is 3.92. The third kappa shape index (κ3) is 4.52. The van der Waals surface area contributed by atoms with Gasteiger partial charge in [-0.1, -0.05) is 29.8 Å². The van der Waals surface area contributed by atoms with Gasteiger partial charge in [-0.3, -0.25) is 14.5 Å². The number of halogens is 2. The van der Waals surface area contributed by atoms with Crippen LogP contribution in [0.3, 0.4) is 0 Å². The lowest BCUT2D eigenvalue weighted by molar-refractivity contribution is -0.133. The number of nitrogens with one attached hydrogen (secondary N) is 1. The van der Waals surface area contributed by atoms with Crippen LogP contribution in [0.5, 0.6) is 0 Å². The molecule has 1 aliphatic rings. The molecule has 1 N–H and O–H groups in total. The summed E-state index contributed by atoms with van der Waals surface area (Å²) in [7, 11) is 0. The number of rotatable bonds is 5. The van der Waals surface area contributed by atoms with Crippen molar-refractivity contribution in [1.82, 2.24) is 19.8 Å². The lowest BCUT2D eigenvalue weighted by Crippen LogP contribution is -2.48. The van der Waals surface area contributed by atoms with Crippen LogP contribution in [-0.2, 0) is 17.8 Å². The Labute approximate surface area is 178 Å². The summed E-state index contributed by atoms with van der Waals surface area (Å²) in [5.74, 6) is 0.229. The Morgan fingerprint density at radius 1 is 1.10 bits per heavy atom. The average molecular weight is 429 g/mol. The normalized spacial score (nSPS) is 14.9. The number of benzene rings is 2. The van der Waals surface area contributed by atoms with Crippen LogP contribution in [0.1, 0.15) is 17.8 Å². The number of para-hydroxylation sites is 1. The van der Waals surface area contributed by atoms with Gasteiger partial charge in [-0.15, -0.1) is 0 Å². The molecule has 0 unspecified atom stereocenters. The molecular weight excluding hydrogens is 407 g/mol. The van der Waals surface area contributed by atoms with Gasteiger partial charge < -0.3 is 9.88 Å². The predicted molar refractivity (Wildman–Crippen MR) is 114 cm³/mol. The van der Waals surface area contributed by atoms with Crippen LogP contribution in [0.4, 0.5) is 4.39 Å². The van der Waals surface area contributed by atoms with E-state index < -0.39 is 0 Å². The van der Waals surface area contributed by atoms with Gasteiger partial charge in [0.1, 0.15) is 11.6 Å². The molecule has 2 heterocycles. The average Bonchev–Trinajstić information content (AvgIpc) is 2.75. The van der Waals surface area contributed by atoms with Crippen molar-refractivity contribution in [3.63, 3.8) is 0 Å². The molecule has 2 aromatic carbocycles. The number of hydrogen-bond acceptors (Lipinski definition) is 4. The molecule has 30 heavy (non-hydrogen) atoms. The van der Waals surface area contributed by atoms with E-state index in [1.54, 1.807) is 35.2 Å². The fourth-order valence-electron chi connectivity index (χ4n) is 3.70. The van der Waals surface area contributed by atoms with Gasteiger partial charge in [0.2, 0.25) is 5.91 Å². The van der Waals surface area contributed by atoms with E-state index in [4.69, 9.17) is 11.6 Å². The van der Waals surface area contributed by atoms with Gasteiger partial charge in [-0.2, -0.15) is 0 Å². The van der Waals surface area contributed by atoms with Crippen LogP contribution < -0.4 is 5.56 Å². The molecular formula is C22H22ClFN4O2. The second kappa shape index (κ2) is 8.93. The summed E-state index contributed by atoms with van der Waals surface area (Å²) in [5, 5.41) is 0.962. The maximum Gasteiger partial charge on any atom is 0.258 e. The molecule has 1 saturated heterocycles. The standard InChI is InChI=1S/C22H22ClFN4O2/c23-17-5-3-6-18(24)16(17)14-27-10-12-28(13-11-27)21(29)9-8-20-25-19-7-2-1-4-15(19)22(30)26-20/h1-7H,8-14H2,(H,25,26,30). The molecule has 1 aliphatic heterocycles.